The first-order valence-corrected chi connectivity index (χ1v) is 19.2. The average Bonchev–Trinajstić information content (AvgIpc) is 3.93. The van der Waals surface area contributed by atoms with Gasteiger partial charge in [-0.2, -0.15) is 0 Å². The van der Waals surface area contributed by atoms with Crippen molar-refractivity contribution >= 4 is 60.6 Å². The maximum absolute atomic E-state index is 5.23. The van der Waals surface area contributed by atoms with Gasteiger partial charge in [0, 0.05) is 38.7 Å². The number of nitrogens with zero attached hydrogens (tertiary/aromatic N) is 6. The Morgan fingerprint density at radius 2 is 0.947 bits per heavy atom. The Labute approximate surface area is 327 Å². The van der Waals surface area contributed by atoms with Crippen LogP contribution in [0.2, 0.25) is 0 Å². The SMILES string of the molecule is c1ccc(-c2ccc3nc(-c4ccc(-n5c6ccccc6c6cc(-n7c8ccccc8n8c9ccccc9nc78)ccc65)cc4)nc(-c4ccccc4)c3c2)cc1. The molecule has 4 aromatic heterocycles. The molecule has 4 heterocycles. The first kappa shape index (κ1) is 31.5. The molecule has 8 aromatic carbocycles. The molecule has 0 aliphatic carbocycles. The Balaban J connectivity index is 0.988. The molecule has 0 bridgehead atoms. The molecule has 6 nitrogen and oxygen atoms in total. The summed E-state index contributed by atoms with van der Waals surface area (Å²) >= 11 is 0. The van der Waals surface area contributed by atoms with E-state index in [-0.39, 0.29) is 0 Å². The lowest BCUT2D eigenvalue weighted by atomic mass is 10.00. The maximum Gasteiger partial charge on any atom is 0.220 e. The number of hydrogen-bond donors (Lipinski definition) is 0. The second-order valence-corrected chi connectivity index (χ2v) is 14.5. The Hall–Kier alpha value is -7.83. The van der Waals surface area contributed by atoms with Crippen LogP contribution in [0.15, 0.2) is 194 Å². The van der Waals surface area contributed by atoms with Crippen molar-refractivity contribution in [2.45, 2.75) is 0 Å². The number of para-hydroxylation sites is 5. The molecular weight excluding hydrogens is 697 g/mol. The number of aromatic nitrogens is 6. The molecule has 0 N–H and O–H groups in total. The molecule has 0 aliphatic heterocycles. The van der Waals surface area contributed by atoms with E-state index < -0.39 is 0 Å². The molecule has 0 saturated carbocycles. The molecule has 0 spiro atoms. The van der Waals surface area contributed by atoms with Crippen molar-refractivity contribution in [3.63, 3.8) is 0 Å². The van der Waals surface area contributed by atoms with Crippen LogP contribution >= 0.6 is 0 Å². The number of imidazole rings is 2. The fraction of sp³-hybridized carbons (Fsp3) is 0. The summed E-state index contributed by atoms with van der Waals surface area (Å²) < 4.78 is 6.91. The molecule has 0 saturated heterocycles. The third kappa shape index (κ3) is 4.87. The smallest absolute Gasteiger partial charge is 0.220 e. The van der Waals surface area contributed by atoms with E-state index in [4.69, 9.17) is 15.0 Å². The lowest BCUT2D eigenvalue weighted by molar-refractivity contribution is 1.11. The summed E-state index contributed by atoms with van der Waals surface area (Å²) in [5, 5.41) is 3.40. The third-order valence-electron chi connectivity index (χ3n) is 11.3. The maximum atomic E-state index is 5.23. The summed E-state index contributed by atoms with van der Waals surface area (Å²) in [4.78, 5) is 15.5. The van der Waals surface area contributed by atoms with Crippen LogP contribution in [-0.4, -0.2) is 28.5 Å². The highest BCUT2D eigenvalue weighted by molar-refractivity contribution is 6.10. The van der Waals surface area contributed by atoms with Crippen LogP contribution in [-0.2, 0) is 0 Å². The van der Waals surface area contributed by atoms with Gasteiger partial charge in [-0.1, -0.05) is 109 Å². The van der Waals surface area contributed by atoms with Gasteiger partial charge in [0.05, 0.1) is 44.3 Å². The summed E-state index contributed by atoms with van der Waals surface area (Å²) in [5.74, 6) is 1.60. The van der Waals surface area contributed by atoms with Crippen LogP contribution < -0.4 is 0 Å². The van der Waals surface area contributed by atoms with Crippen molar-refractivity contribution in [2.24, 2.45) is 0 Å². The first-order valence-electron chi connectivity index (χ1n) is 19.2. The normalized spacial score (nSPS) is 11.9. The number of rotatable bonds is 5. The Kier molecular flexibility index (Phi) is 6.83. The fourth-order valence-electron chi connectivity index (χ4n) is 8.63. The molecule has 266 valence electrons. The van der Waals surface area contributed by atoms with Gasteiger partial charge in [-0.25, -0.2) is 15.0 Å². The van der Waals surface area contributed by atoms with E-state index in [0.29, 0.717) is 5.82 Å². The van der Waals surface area contributed by atoms with Gasteiger partial charge in [0.25, 0.3) is 0 Å². The lowest BCUT2D eigenvalue weighted by Crippen LogP contribution is -1.98. The fourth-order valence-corrected chi connectivity index (χ4v) is 8.63. The summed E-state index contributed by atoms with van der Waals surface area (Å²) in [6.07, 6.45) is 0. The van der Waals surface area contributed by atoms with Crippen LogP contribution in [0.5, 0.6) is 0 Å². The standard InChI is InChI=1S/C51H32N6/c1-3-13-33(14-4-1)36-25-29-42-41(31-36)49(34-15-5-2-6-16-34)54-50(52-42)35-23-26-37(27-24-35)55-44-19-9-7-17-39(44)40-32-38(28-30-45(40)55)56-47-21-11-12-22-48(47)57-46-20-10-8-18-43(46)53-51(56)57/h1-32H. The van der Waals surface area contributed by atoms with Crippen molar-refractivity contribution < 1.29 is 0 Å². The van der Waals surface area contributed by atoms with Crippen LogP contribution in [0.25, 0.3) is 106 Å². The monoisotopic (exact) mass is 728 g/mol. The second kappa shape index (κ2) is 12.3. The lowest BCUT2D eigenvalue weighted by Gasteiger charge is -2.12. The topological polar surface area (TPSA) is 52.9 Å². The van der Waals surface area contributed by atoms with Crippen molar-refractivity contribution in [3.8, 4) is 45.1 Å². The van der Waals surface area contributed by atoms with Gasteiger partial charge in [-0.3, -0.25) is 8.97 Å². The average molecular weight is 729 g/mol. The molecule has 0 aliphatic rings. The van der Waals surface area contributed by atoms with E-state index in [2.05, 4.69) is 189 Å². The molecule has 0 amide bonds. The van der Waals surface area contributed by atoms with Gasteiger partial charge in [0.2, 0.25) is 5.78 Å². The predicted octanol–water partition coefficient (Wildman–Crippen LogP) is 12.5. The zero-order chi connectivity index (χ0) is 37.5. The van der Waals surface area contributed by atoms with Gasteiger partial charge in [0.15, 0.2) is 5.82 Å². The molecule has 12 rings (SSSR count). The van der Waals surface area contributed by atoms with Crippen LogP contribution in [0.3, 0.4) is 0 Å². The molecular formula is C51H32N6. The quantitative estimate of drug-likeness (QED) is 0.177. The Morgan fingerprint density at radius 1 is 0.316 bits per heavy atom. The first-order chi connectivity index (χ1) is 28.3. The van der Waals surface area contributed by atoms with Crippen molar-refractivity contribution in [1.82, 2.24) is 28.5 Å². The number of fused-ring (bicyclic) bond motifs is 9. The van der Waals surface area contributed by atoms with Gasteiger partial charge in [-0.15, -0.1) is 0 Å². The molecule has 0 unspecified atom stereocenters. The largest absolute Gasteiger partial charge is 0.309 e. The molecule has 6 heteroatoms. The molecule has 0 radical (unpaired) electrons. The summed E-state index contributed by atoms with van der Waals surface area (Å²) in [5.41, 5.74) is 14.9. The van der Waals surface area contributed by atoms with E-state index in [1.54, 1.807) is 0 Å². The highest BCUT2D eigenvalue weighted by Crippen LogP contribution is 2.37. The summed E-state index contributed by atoms with van der Waals surface area (Å²) in [7, 11) is 0. The van der Waals surface area contributed by atoms with E-state index in [0.717, 1.165) is 83.5 Å². The van der Waals surface area contributed by atoms with Crippen molar-refractivity contribution in [2.75, 3.05) is 0 Å². The van der Waals surface area contributed by atoms with Crippen LogP contribution in [0.1, 0.15) is 0 Å². The van der Waals surface area contributed by atoms with E-state index >= 15 is 0 Å². The molecule has 0 atom stereocenters. The van der Waals surface area contributed by atoms with Gasteiger partial charge in [-0.05, 0) is 96.1 Å². The summed E-state index contributed by atoms with van der Waals surface area (Å²) in [6, 6.07) is 68.3. The molecule has 0 fully saturated rings. The highest BCUT2D eigenvalue weighted by atomic mass is 15.2. The van der Waals surface area contributed by atoms with E-state index in [1.165, 1.54) is 16.3 Å². The summed E-state index contributed by atoms with van der Waals surface area (Å²) in [6.45, 7) is 0. The minimum absolute atomic E-state index is 0.698. The second-order valence-electron chi connectivity index (χ2n) is 14.5. The van der Waals surface area contributed by atoms with E-state index in [1.807, 2.05) is 18.2 Å². The predicted molar refractivity (Wildman–Crippen MR) is 233 cm³/mol. The zero-order valence-corrected chi connectivity index (χ0v) is 30.7. The Morgan fingerprint density at radius 3 is 1.75 bits per heavy atom. The van der Waals surface area contributed by atoms with E-state index in [9.17, 15) is 0 Å². The molecule has 57 heavy (non-hydrogen) atoms. The van der Waals surface area contributed by atoms with Gasteiger partial charge >= 0.3 is 0 Å². The van der Waals surface area contributed by atoms with Crippen molar-refractivity contribution in [3.05, 3.63) is 194 Å². The third-order valence-corrected chi connectivity index (χ3v) is 11.3. The minimum atomic E-state index is 0.698. The number of benzene rings is 8. The van der Waals surface area contributed by atoms with Crippen LogP contribution in [0, 0.1) is 0 Å². The van der Waals surface area contributed by atoms with Gasteiger partial charge < -0.3 is 4.57 Å². The van der Waals surface area contributed by atoms with Crippen LogP contribution in [0.4, 0.5) is 0 Å². The Bertz CT molecular complexity index is 3500. The minimum Gasteiger partial charge on any atom is -0.309 e. The molecule has 12 aromatic rings. The highest BCUT2D eigenvalue weighted by Gasteiger charge is 2.20. The van der Waals surface area contributed by atoms with Crippen molar-refractivity contribution in [1.29, 1.82) is 0 Å². The van der Waals surface area contributed by atoms with Gasteiger partial charge in [0.1, 0.15) is 0 Å². The zero-order valence-electron chi connectivity index (χ0n) is 30.7. The number of hydrogen-bond acceptors (Lipinski definition) is 3.